The van der Waals surface area contributed by atoms with Crippen LogP contribution in [0.1, 0.15) is 36.7 Å². The number of H-pyrrole nitrogens is 1. The molecule has 0 radical (unpaired) electrons. The van der Waals surface area contributed by atoms with Gasteiger partial charge in [0.05, 0.1) is 13.2 Å². The molecule has 1 saturated heterocycles. The second kappa shape index (κ2) is 8.68. The second-order valence-electron chi connectivity index (χ2n) is 6.12. The fourth-order valence-corrected chi connectivity index (χ4v) is 2.77. The number of aromatic amines is 1. The largest absolute Gasteiger partial charge is 0.367 e. The number of nitrogens with zero attached hydrogens (tertiary/aromatic N) is 4. The van der Waals surface area contributed by atoms with Gasteiger partial charge >= 0.3 is 0 Å². The highest BCUT2D eigenvalue weighted by Crippen LogP contribution is 2.19. The van der Waals surface area contributed by atoms with Gasteiger partial charge in [-0.2, -0.15) is 5.10 Å². The molecule has 0 bridgehead atoms. The zero-order valence-electron chi connectivity index (χ0n) is 14.4. The number of morpholine rings is 1. The highest BCUT2D eigenvalue weighted by molar-refractivity contribution is 5.78. The van der Waals surface area contributed by atoms with E-state index in [0.717, 1.165) is 30.8 Å². The molecule has 2 N–H and O–H groups in total. The van der Waals surface area contributed by atoms with E-state index in [1.165, 1.54) is 0 Å². The van der Waals surface area contributed by atoms with Crippen molar-refractivity contribution in [3.05, 3.63) is 41.7 Å². The van der Waals surface area contributed by atoms with Crippen molar-refractivity contribution in [2.75, 3.05) is 26.2 Å². The lowest BCUT2D eigenvalue weighted by atomic mass is 10.2. The van der Waals surface area contributed by atoms with Crippen LogP contribution in [0.3, 0.4) is 0 Å². The van der Waals surface area contributed by atoms with Crippen molar-refractivity contribution < 1.29 is 9.53 Å². The Morgan fingerprint density at radius 2 is 2.44 bits per heavy atom. The van der Waals surface area contributed by atoms with Gasteiger partial charge in [0.1, 0.15) is 11.9 Å². The summed E-state index contributed by atoms with van der Waals surface area (Å²) in [5, 5.41) is 10.1. The minimum atomic E-state index is -0.193. The van der Waals surface area contributed by atoms with Crippen LogP contribution < -0.4 is 5.32 Å². The maximum Gasteiger partial charge on any atom is 0.234 e. The number of ether oxygens (including phenoxy) is 1. The van der Waals surface area contributed by atoms with Crippen LogP contribution >= 0.6 is 0 Å². The molecule has 2 aromatic rings. The van der Waals surface area contributed by atoms with E-state index in [-0.39, 0.29) is 12.0 Å². The average molecular weight is 344 g/mol. The molecule has 1 aliphatic rings. The van der Waals surface area contributed by atoms with Crippen molar-refractivity contribution in [1.29, 1.82) is 0 Å². The maximum atomic E-state index is 12.2. The van der Waals surface area contributed by atoms with E-state index in [2.05, 4.69) is 37.3 Å². The summed E-state index contributed by atoms with van der Waals surface area (Å²) in [5.74, 6) is 1.54. The second-order valence-corrected chi connectivity index (χ2v) is 6.12. The Morgan fingerprint density at radius 1 is 1.52 bits per heavy atom. The van der Waals surface area contributed by atoms with Crippen molar-refractivity contribution >= 4 is 5.91 Å². The van der Waals surface area contributed by atoms with Crippen molar-refractivity contribution in [1.82, 2.24) is 30.4 Å². The van der Waals surface area contributed by atoms with Gasteiger partial charge in [0, 0.05) is 38.4 Å². The number of amides is 1. The van der Waals surface area contributed by atoms with Crippen LogP contribution in [-0.2, 0) is 22.5 Å². The summed E-state index contributed by atoms with van der Waals surface area (Å²) in [4.78, 5) is 22.8. The van der Waals surface area contributed by atoms with Gasteiger partial charge in [-0.15, -0.1) is 0 Å². The van der Waals surface area contributed by atoms with Gasteiger partial charge in [-0.3, -0.25) is 19.8 Å². The highest BCUT2D eigenvalue weighted by Gasteiger charge is 2.26. The fourth-order valence-electron chi connectivity index (χ4n) is 2.77. The molecule has 0 unspecified atom stereocenters. The van der Waals surface area contributed by atoms with E-state index in [1.54, 1.807) is 12.4 Å². The lowest BCUT2D eigenvalue weighted by molar-refractivity contribution is -0.124. The van der Waals surface area contributed by atoms with E-state index >= 15 is 0 Å². The molecule has 8 nitrogen and oxygen atoms in total. The summed E-state index contributed by atoms with van der Waals surface area (Å²) < 4.78 is 5.77. The normalized spacial score (nSPS) is 18.2. The van der Waals surface area contributed by atoms with Crippen LogP contribution in [0.4, 0.5) is 0 Å². The van der Waals surface area contributed by atoms with Crippen LogP contribution in [0.25, 0.3) is 0 Å². The topological polar surface area (TPSA) is 96.0 Å². The number of rotatable bonds is 7. The zero-order valence-corrected chi connectivity index (χ0v) is 14.4. The smallest absolute Gasteiger partial charge is 0.234 e. The zero-order chi connectivity index (χ0) is 17.5. The number of nitrogens with one attached hydrogen (secondary N) is 2. The average Bonchev–Trinajstić information content (AvgIpc) is 3.10. The quantitative estimate of drug-likeness (QED) is 0.773. The van der Waals surface area contributed by atoms with Crippen molar-refractivity contribution in [3.63, 3.8) is 0 Å². The Morgan fingerprint density at radius 3 is 3.24 bits per heavy atom. The van der Waals surface area contributed by atoms with E-state index in [0.29, 0.717) is 32.1 Å². The van der Waals surface area contributed by atoms with Gasteiger partial charge in [-0.1, -0.05) is 13.0 Å². The Balaban J connectivity index is 1.48. The summed E-state index contributed by atoms with van der Waals surface area (Å²) in [5.41, 5.74) is 0.986. The standard InChI is InChI=1S/C17H24N6O2/c1-2-4-15-20-17(22-21-15)14-11-23(7-8-25-14)12-16(24)19-10-13-5-3-6-18-9-13/h3,5-6,9,14H,2,4,7-8,10-12H2,1H3,(H,19,24)(H,20,21,22)/t14-/m0/s1. The predicted octanol–water partition coefficient (Wildman–Crippen LogP) is 0.842. The predicted molar refractivity (Wildman–Crippen MR) is 91.6 cm³/mol. The number of pyridine rings is 1. The molecule has 1 aliphatic heterocycles. The van der Waals surface area contributed by atoms with Gasteiger partial charge in [0.2, 0.25) is 5.91 Å². The molecule has 3 rings (SSSR count). The molecule has 0 aromatic carbocycles. The van der Waals surface area contributed by atoms with Crippen molar-refractivity contribution in [2.45, 2.75) is 32.4 Å². The number of carbonyl (C=O) groups excluding carboxylic acids is 1. The fraction of sp³-hybridized carbons (Fsp3) is 0.529. The summed E-state index contributed by atoms with van der Waals surface area (Å²) in [6.45, 7) is 4.84. The first-order valence-corrected chi connectivity index (χ1v) is 8.65. The molecule has 1 fully saturated rings. The molecule has 3 heterocycles. The third-order valence-corrected chi connectivity index (χ3v) is 4.05. The van der Waals surface area contributed by atoms with E-state index in [9.17, 15) is 4.79 Å². The van der Waals surface area contributed by atoms with Crippen LogP contribution in [0.15, 0.2) is 24.5 Å². The van der Waals surface area contributed by atoms with Crippen LogP contribution in [0.5, 0.6) is 0 Å². The third-order valence-electron chi connectivity index (χ3n) is 4.05. The molecule has 0 saturated carbocycles. The molecule has 8 heteroatoms. The molecule has 134 valence electrons. The van der Waals surface area contributed by atoms with E-state index in [4.69, 9.17) is 4.74 Å². The van der Waals surface area contributed by atoms with Gasteiger partial charge in [-0.05, 0) is 18.1 Å². The van der Waals surface area contributed by atoms with Gasteiger partial charge < -0.3 is 10.1 Å². The number of aromatic nitrogens is 4. The van der Waals surface area contributed by atoms with Crippen molar-refractivity contribution in [2.24, 2.45) is 0 Å². The molecule has 0 aliphatic carbocycles. The van der Waals surface area contributed by atoms with Crippen molar-refractivity contribution in [3.8, 4) is 0 Å². The molecule has 2 aromatic heterocycles. The highest BCUT2D eigenvalue weighted by atomic mass is 16.5. The number of carbonyl (C=O) groups is 1. The Hall–Kier alpha value is -2.32. The molecular formula is C17H24N6O2. The Bertz CT molecular complexity index is 675. The first-order chi connectivity index (χ1) is 12.2. The number of hydrogen-bond donors (Lipinski definition) is 2. The lowest BCUT2D eigenvalue weighted by Crippen LogP contribution is -2.44. The van der Waals surface area contributed by atoms with E-state index in [1.807, 2.05) is 12.1 Å². The number of aryl methyl sites for hydroxylation is 1. The molecule has 0 spiro atoms. The first kappa shape index (κ1) is 17.5. The molecule has 1 atom stereocenters. The monoisotopic (exact) mass is 344 g/mol. The van der Waals surface area contributed by atoms with E-state index < -0.39 is 0 Å². The Labute approximate surface area is 147 Å². The number of hydrogen-bond acceptors (Lipinski definition) is 6. The SMILES string of the molecule is CCCc1nc([C@@H]2CN(CC(=O)NCc3cccnc3)CCO2)n[nH]1. The van der Waals surface area contributed by atoms with Gasteiger partial charge in [0.25, 0.3) is 0 Å². The minimum Gasteiger partial charge on any atom is -0.367 e. The summed E-state index contributed by atoms with van der Waals surface area (Å²) >= 11 is 0. The van der Waals surface area contributed by atoms with Crippen LogP contribution in [0, 0.1) is 0 Å². The third kappa shape index (κ3) is 5.07. The maximum absolute atomic E-state index is 12.2. The van der Waals surface area contributed by atoms with Gasteiger partial charge in [-0.25, -0.2) is 4.98 Å². The Kier molecular flexibility index (Phi) is 6.08. The molecule has 1 amide bonds. The summed E-state index contributed by atoms with van der Waals surface area (Å²) in [6, 6.07) is 3.80. The minimum absolute atomic E-state index is 0.00818. The summed E-state index contributed by atoms with van der Waals surface area (Å²) in [7, 11) is 0. The first-order valence-electron chi connectivity index (χ1n) is 8.65. The van der Waals surface area contributed by atoms with Crippen LogP contribution in [-0.4, -0.2) is 57.2 Å². The van der Waals surface area contributed by atoms with Crippen LogP contribution in [0.2, 0.25) is 0 Å². The summed E-state index contributed by atoms with van der Waals surface area (Å²) in [6.07, 6.45) is 5.17. The lowest BCUT2D eigenvalue weighted by Gasteiger charge is -2.30. The molecular weight excluding hydrogens is 320 g/mol. The molecule has 25 heavy (non-hydrogen) atoms. The van der Waals surface area contributed by atoms with Gasteiger partial charge in [0.15, 0.2) is 5.82 Å².